The van der Waals surface area contributed by atoms with Crippen LogP contribution in [0.25, 0.3) is 0 Å². The Bertz CT molecular complexity index is 671. The summed E-state index contributed by atoms with van der Waals surface area (Å²) in [6.07, 6.45) is 4.54. The number of carbonyl (C=O) groups excluding carboxylic acids is 2. The molecule has 2 aliphatic carbocycles. The molecule has 1 saturated heterocycles. The molecular formula is C19H23NO4. The zero-order valence-electron chi connectivity index (χ0n) is 13.9. The van der Waals surface area contributed by atoms with E-state index in [1.165, 1.54) is 23.6 Å². The Morgan fingerprint density at radius 2 is 2.12 bits per heavy atom. The van der Waals surface area contributed by atoms with Crippen molar-refractivity contribution in [3.63, 3.8) is 0 Å². The predicted octanol–water partition coefficient (Wildman–Crippen LogP) is 2.71. The molecule has 2 fully saturated rings. The Hall–Kier alpha value is -2.04. The van der Waals surface area contributed by atoms with Gasteiger partial charge in [0.25, 0.3) is 0 Å². The van der Waals surface area contributed by atoms with Crippen molar-refractivity contribution in [1.29, 1.82) is 0 Å². The van der Waals surface area contributed by atoms with Crippen LogP contribution in [0.5, 0.6) is 0 Å². The van der Waals surface area contributed by atoms with Crippen LogP contribution in [0, 0.1) is 5.92 Å². The van der Waals surface area contributed by atoms with E-state index in [-0.39, 0.29) is 24.2 Å². The third kappa shape index (κ3) is 2.87. The third-order valence-electron chi connectivity index (χ3n) is 5.68. The van der Waals surface area contributed by atoms with Crippen LogP contribution in [-0.2, 0) is 27.1 Å². The molecule has 0 radical (unpaired) electrons. The minimum absolute atomic E-state index is 0.00601. The molecular weight excluding hydrogens is 306 g/mol. The van der Waals surface area contributed by atoms with Crippen LogP contribution < -0.4 is 5.32 Å². The molecule has 1 unspecified atom stereocenters. The number of carbonyl (C=O) groups is 2. The fourth-order valence-corrected chi connectivity index (χ4v) is 4.53. The average molecular weight is 329 g/mol. The van der Waals surface area contributed by atoms with Gasteiger partial charge in [-0.25, -0.2) is 4.79 Å². The number of esters is 1. The number of rotatable bonds is 2. The number of nitrogens with one attached hydrogen (secondary N) is 1. The summed E-state index contributed by atoms with van der Waals surface area (Å²) >= 11 is 0. The second-order valence-electron chi connectivity index (χ2n) is 7.21. The van der Waals surface area contributed by atoms with Gasteiger partial charge in [-0.2, -0.15) is 0 Å². The quantitative estimate of drug-likeness (QED) is 0.847. The van der Waals surface area contributed by atoms with Gasteiger partial charge in [0.15, 0.2) is 0 Å². The van der Waals surface area contributed by atoms with Gasteiger partial charge >= 0.3 is 12.1 Å². The standard InChI is InChI=1S/C19H23NO4/c1-11(21)24-16-6-4-12-8-14(3-2-13(12)9-16)17-7-5-15-10-23-19(22)20-18(15)17/h2-3,8,15-18H,4-7,9-10H2,1H3,(H,20,22)/t15-,16-,17-,18?/m1/s1. The van der Waals surface area contributed by atoms with Gasteiger partial charge in [-0.3, -0.25) is 4.79 Å². The van der Waals surface area contributed by atoms with Crippen molar-refractivity contribution in [3.05, 3.63) is 34.9 Å². The summed E-state index contributed by atoms with van der Waals surface area (Å²) in [7, 11) is 0. The molecule has 24 heavy (non-hydrogen) atoms. The van der Waals surface area contributed by atoms with E-state index in [1.54, 1.807) is 0 Å². The van der Waals surface area contributed by atoms with E-state index in [9.17, 15) is 9.59 Å². The van der Waals surface area contributed by atoms with Gasteiger partial charge in [0.2, 0.25) is 0 Å². The third-order valence-corrected chi connectivity index (χ3v) is 5.68. The van der Waals surface area contributed by atoms with Crippen molar-refractivity contribution in [1.82, 2.24) is 5.32 Å². The second-order valence-corrected chi connectivity index (χ2v) is 7.21. The van der Waals surface area contributed by atoms with Gasteiger partial charge in [0, 0.05) is 31.2 Å². The maximum atomic E-state index is 11.6. The van der Waals surface area contributed by atoms with Crippen molar-refractivity contribution in [2.45, 2.75) is 57.1 Å². The van der Waals surface area contributed by atoms with Gasteiger partial charge in [0.1, 0.15) is 6.10 Å². The summed E-state index contributed by atoms with van der Waals surface area (Å²) in [5.74, 6) is 0.601. The second kappa shape index (κ2) is 6.11. The molecule has 0 spiro atoms. The summed E-state index contributed by atoms with van der Waals surface area (Å²) in [5.41, 5.74) is 3.95. The lowest BCUT2D eigenvalue weighted by atomic mass is 9.84. The molecule has 1 aromatic carbocycles. The Kier molecular flexibility index (Phi) is 3.94. The highest BCUT2D eigenvalue weighted by Crippen LogP contribution is 2.41. The van der Waals surface area contributed by atoms with Gasteiger partial charge in [-0.05, 0) is 42.4 Å². The van der Waals surface area contributed by atoms with Crippen molar-refractivity contribution >= 4 is 12.1 Å². The number of cyclic esters (lactones) is 1. The molecule has 4 rings (SSSR count). The van der Waals surface area contributed by atoms with Crippen molar-refractivity contribution in [2.24, 2.45) is 5.92 Å². The molecule has 128 valence electrons. The number of ether oxygens (including phenoxy) is 2. The minimum Gasteiger partial charge on any atom is -0.462 e. The van der Waals surface area contributed by atoms with Crippen LogP contribution >= 0.6 is 0 Å². The van der Waals surface area contributed by atoms with Crippen molar-refractivity contribution < 1.29 is 19.1 Å². The number of fused-ring (bicyclic) bond motifs is 2. The summed E-state index contributed by atoms with van der Waals surface area (Å²) in [6.45, 7) is 2.01. The van der Waals surface area contributed by atoms with E-state index in [1.807, 2.05) is 0 Å². The highest BCUT2D eigenvalue weighted by atomic mass is 16.6. The first-order valence-corrected chi connectivity index (χ1v) is 8.82. The van der Waals surface area contributed by atoms with Crippen LogP contribution in [0.4, 0.5) is 4.79 Å². The van der Waals surface area contributed by atoms with Crippen molar-refractivity contribution in [3.8, 4) is 0 Å². The maximum Gasteiger partial charge on any atom is 0.407 e. The first-order valence-electron chi connectivity index (χ1n) is 8.82. The monoisotopic (exact) mass is 329 g/mol. The number of alkyl carbamates (subject to hydrolysis) is 1. The number of amides is 1. The minimum atomic E-state index is -0.287. The average Bonchev–Trinajstić information content (AvgIpc) is 2.97. The Balaban J connectivity index is 1.52. The van der Waals surface area contributed by atoms with E-state index >= 15 is 0 Å². The fraction of sp³-hybridized carbons (Fsp3) is 0.579. The van der Waals surface area contributed by atoms with Crippen molar-refractivity contribution in [2.75, 3.05) is 6.61 Å². The number of aryl methyl sites for hydroxylation is 1. The molecule has 1 heterocycles. The van der Waals surface area contributed by atoms with Gasteiger partial charge < -0.3 is 14.8 Å². The lowest BCUT2D eigenvalue weighted by Gasteiger charge is -2.31. The van der Waals surface area contributed by atoms with Crippen LogP contribution in [0.2, 0.25) is 0 Å². The number of hydrogen-bond acceptors (Lipinski definition) is 4. The summed E-state index contributed by atoms with van der Waals surface area (Å²) in [4.78, 5) is 22.7. The molecule has 0 aromatic heterocycles. The van der Waals surface area contributed by atoms with Gasteiger partial charge in [0.05, 0.1) is 6.61 Å². The summed E-state index contributed by atoms with van der Waals surface area (Å²) in [6, 6.07) is 6.86. The normalized spacial score (nSPS) is 31.5. The van der Waals surface area contributed by atoms with Crippen LogP contribution in [-0.4, -0.2) is 30.8 Å². The topological polar surface area (TPSA) is 64.6 Å². The Morgan fingerprint density at radius 3 is 2.96 bits per heavy atom. The van der Waals surface area contributed by atoms with Gasteiger partial charge in [-0.1, -0.05) is 18.2 Å². The van der Waals surface area contributed by atoms with Crippen LogP contribution in [0.1, 0.15) is 48.8 Å². The fourth-order valence-electron chi connectivity index (χ4n) is 4.53. The molecule has 5 nitrogen and oxygen atoms in total. The van der Waals surface area contributed by atoms with Crippen LogP contribution in [0.15, 0.2) is 18.2 Å². The summed E-state index contributed by atoms with van der Waals surface area (Å²) < 4.78 is 10.5. The first-order chi connectivity index (χ1) is 11.6. The van der Waals surface area contributed by atoms with Gasteiger partial charge in [-0.15, -0.1) is 0 Å². The zero-order valence-corrected chi connectivity index (χ0v) is 13.9. The van der Waals surface area contributed by atoms with E-state index in [0.29, 0.717) is 18.4 Å². The van der Waals surface area contributed by atoms with Crippen LogP contribution in [0.3, 0.4) is 0 Å². The largest absolute Gasteiger partial charge is 0.462 e. The molecule has 3 aliphatic rings. The molecule has 4 atom stereocenters. The van der Waals surface area contributed by atoms with E-state index < -0.39 is 0 Å². The lowest BCUT2D eigenvalue weighted by molar-refractivity contribution is -0.146. The zero-order chi connectivity index (χ0) is 16.7. The number of hydrogen-bond donors (Lipinski definition) is 1. The first kappa shape index (κ1) is 15.5. The Labute approximate surface area is 141 Å². The SMILES string of the molecule is CC(=O)O[C@@H]1CCc2cc([C@H]3CC[C@@H]4COC(=O)NC43)ccc2C1. The Morgan fingerprint density at radius 1 is 1.25 bits per heavy atom. The maximum absolute atomic E-state index is 11.6. The molecule has 1 aliphatic heterocycles. The number of benzene rings is 1. The smallest absolute Gasteiger partial charge is 0.407 e. The van der Waals surface area contributed by atoms with E-state index in [0.717, 1.165) is 32.1 Å². The molecule has 5 heteroatoms. The summed E-state index contributed by atoms with van der Waals surface area (Å²) in [5, 5.41) is 3.02. The highest BCUT2D eigenvalue weighted by molar-refractivity contribution is 5.69. The molecule has 1 N–H and O–H groups in total. The lowest BCUT2D eigenvalue weighted by Crippen LogP contribution is -2.47. The van der Waals surface area contributed by atoms with E-state index in [4.69, 9.17) is 9.47 Å². The molecule has 0 bridgehead atoms. The predicted molar refractivity (Wildman–Crippen MR) is 87.8 cm³/mol. The highest BCUT2D eigenvalue weighted by Gasteiger charge is 2.41. The van der Waals surface area contributed by atoms with E-state index in [2.05, 4.69) is 23.5 Å². The molecule has 1 amide bonds. The molecule has 1 saturated carbocycles. The molecule has 1 aromatic rings.